The average molecular weight is 297 g/mol. The molecule has 0 radical (unpaired) electrons. The highest BCUT2D eigenvalue weighted by atomic mass is 16.5. The van der Waals surface area contributed by atoms with E-state index in [1.54, 1.807) is 0 Å². The van der Waals surface area contributed by atoms with Crippen LogP contribution in [-0.4, -0.2) is 40.2 Å². The van der Waals surface area contributed by atoms with E-state index in [2.05, 4.69) is 11.8 Å². The molecule has 4 nitrogen and oxygen atoms in total. The predicted molar refractivity (Wildman–Crippen MR) is 86.7 cm³/mol. The van der Waals surface area contributed by atoms with Gasteiger partial charge in [-0.15, -0.1) is 0 Å². The summed E-state index contributed by atoms with van der Waals surface area (Å²) in [4.78, 5) is 12.2. The number of para-hydroxylation sites is 2. The van der Waals surface area contributed by atoms with Gasteiger partial charge >= 0.3 is 0 Å². The molecule has 2 fully saturated rings. The molecule has 0 bridgehead atoms. The lowest BCUT2D eigenvalue weighted by Gasteiger charge is -2.43. The van der Waals surface area contributed by atoms with E-state index in [-0.39, 0.29) is 0 Å². The van der Waals surface area contributed by atoms with Crippen LogP contribution in [0.15, 0.2) is 24.3 Å². The number of hydrogen-bond donors (Lipinski definition) is 0. The van der Waals surface area contributed by atoms with Crippen LogP contribution in [0.5, 0.6) is 0 Å². The maximum absolute atomic E-state index is 5.97. The minimum absolute atomic E-state index is 0.427. The second-order valence-corrected chi connectivity index (χ2v) is 6.48. The van der Waals surface area contributed by atoms with E-state index in [1.807, 2.05) is 24.3 Å². The van der Waals surface area contributed by atoms with Gasteiger partial charge in [-0.05, 0) is 31.9 Å². The number of hydrogen-bond acceptors (Lipinski definition) is 4. The molecule has 22 heavy (non-hydrogen) atoms. The first kappa shape index (κ1) is 14.1. The zero-order valence-corrected chi connectivity index (χ0v) is 13.2. The number of aromatic nitrogens is 2. The van der Waals surface area contributed by atoms with E-state index in [1.165, 1.54) is 25.7 Å². The van der Waals surface area contributed by atoms with Crippen molar-refractivity contribution in [2.45, 2.75) is 51.3 Å². The van der Waals surface area contributed by atoms with Crippen molar-refractivity contribution in [3.63, 3.8) is 0 Å². The van der Waals surface area contributed by atoms with Gasteiger partial charge in [0.15, 0.2) is 0 Å². The van der Waals surface area contributed by atoms with E-state index >= 15 is 0 Å². The van der Waals surface area contributed by atoms with Crippen LogP contribution in [0, 0.1) is 6.92 Å². The number of rotatable bonds is 2. The maximum atomic E-state index is 5.97. The Balaban J connectivity index is 1.60. The number of fused-ring (bicyclic) bond motifs is 2. The molecule has 0 spiro atoms. The first-order valence-electron chi connectivity index (χ1n) is 8.39. The molecule has 1 saturated heterocycles. The summed E-state index contributed by atoms with van der Waals surface area (Å²) >= 11 is 0. The summed E-state index contributed by atoms with van der Waals surface area (Å²) < 4.78 is 5.97. The van der Waals surface area contributed by atoms with Gasteiger partial charge in [-0.1, -0.05) is 25.0 Å². The van der Waals surface area contributed by atoms with Crippen molar-refractivity contribution in [1.82, 2.24) is 14.9 Å². The van der Waals surface area contributed by atoms with Gasteiger partial charge in [0.25, 0.3) is 0 Å². The van der Waals surface area contributed by atoms with E-state index in [0.29, 0.717) is 12.1 Å². The number of benzene rings is 1. The van der Waals surface area contributed by atoms with Crippen molar-refractivity contribution < 1.29 is 4.74 Å². The van der Waals surface area contributed by atoms with Crippen molar-refractivity contribution in [2.75, 3.05) is 13.2 Å². The fourth-order valence-corrected chi connectivity index (χ4v) is 3.84. The molecule has 1 aromatic heterocycles. The Kier molecular flexibility index (Phi) is 3.80. The van der Waals surface area contributed by atoms with Crippen molar-refractivity contribution in [1.29, 1.82) is 0 Å². The van der Waals surface area contributed by atoms with Crippen molar-refractivity contribution in [2.24, 2.45) is 0 Å². The van der Waals surface area contributed by atoms with Gasteiger partial charge in [-0.25, -0.2) is 9.97 Å². The quantitative estimate of drug-likeness (QED) is 0.854. The van der Waals surface area contributed by atoms with Gasteiger partial charge in [0.05, 0.1) is 35.1 Å². The third-order valence-electron chi connectivity index (χ3n) is 5.04. The Labute approximate surface area is 131 Å². The Morgan fingerprint density at radius 1 is 1.14 bits per heavy atom. The molecule has 0 N–H and O–H groups in total. The highest BCUT2D eigenvalue weighted by Crippen LogP contribution is 2.29. The lowest BCUT2D eigenvalue weighted by Crippen LogP contribution is -2.52. The lowest BCUT2D eigenvalue weighted by atomic mass is 9.90. The Morgan fingerprint density at radius 3 is 2.77 bits per heavy atom. The number of aryl methyl sites for hydroxylation is 1. The molecule has 2 aromatic rings. The standard InChI is InChI=1S/C18H23N3O/c1-13-16(20-15-7-3-2-6-14(15)19-13)12-21-10-11-22-18-9-5-4-8-17(18)21/h2-3,6-7,17-18H,4-5,8-12H2,1H3/t17-,18+/m0/s1. The predicted octanol–water partition coefficient (Wildman–Crippen LogP) is 3.08. The Hall–Kier alpha value is -1.52. The molecule has 1 aliphatic heterocycles. The Morgan fingerprint density at radius 2 is 1.91 bits per heavy atom. The van der Waals surface area contributed by atoms with Gasteiger partial charge < -0.3 is 4.74 Å². The second-order valence-electron chi connectivity index (χ2n) is 6.48. The lowest BCUT2D eigenvalue weighted by molar-refractivity contribution is -0.0915. The summed E-state index contributed by atoms with van der Waals surface area (Å²) in [7, 11) is 0. The number of ether oxygens (including phenoxy) is 1. The highest BCUT2D eigenvalue weighted by molar-refractivity contribution is 5.74. The average Bonchev–Trinajstić information content (AvgIpc) is 2.56. The van der Waals surface area contributed by atoms with E-state index in [4.69, 9.17) is 14.7 Å². The van der Waals surface area contributed by atoms with Crippen LogP contribution in [0.2, 0.25) is 0 Å². The first-order chi connectivity index (χ1) is 10.8. The van der Waals surface area contributed by atoms with Crippen LogP contribution in [0.4, 0.5) is 0 Å². The third kappa shape index (κ3) is 2.61. The molecule has 2 atom stereocenters. The smallest absolute Gasteiger partial charge is 0.0890 e. The third-order valence-corrected chi connectivity index (χ3v) is 5.04. The van der Waals surface area contributed by atoms with Crippen LogP contribution in [0.25, 0.3) is 11.0 Å². The zero-order valence-electron chi connectivity index (χ0n) is 13.2. The van der Waals surface area contributed by atoms with Crippen molar-refractivity contribution in [3.05, 3.63) is 35.7 Å². The van der Waals surface area contributed by atoms with Crippen LogP contribution >= 0.6 is 0 Å². The van der Waals surface area contributed by atoms with Crippen LogP contribution in [0.3, 0.4) is 0 Å². The molecular formula is C18H23N3O. The van der Waals surface area contributed by atoms with Gasteiger partial charge in [0.2, 0.25) is 0 Å². The molecule has 2 aliphatic rings. The number of morpholine rings is 1. The summed E-state index contributed by atoms with van der Waals surface area (Å²) in [5, 5.41) is 0. The SMILES string of the molecule is Cc1nc2ccccc2nc1CN1CCO[C@@H]2CCCC[C@@H]21. The monoisotopic (exact) mass is 297 g/mol. The van der Waals surface area contributed by atoms with Crippen LogP contribution in [0.1, 0.15) is 37.1 Å². The van der Waals surface area contributed by atoms with Gasteiger partial charge in [-0.3, -0.25) is 4.90 Å². The summed E-state index contributed by atoms with van der Waals surface area (Å²) in [6.07, 6.45) is 5.53. The van der Waals surface area contributed by atoms with E-state index in [0.717, 1.165) is 42.1 Å². The maximum Gasteiger partial charge on any atom is 0.0890 e. The molecule has 4 heteroatoms. The zero-order chi connectivity index (χ0) is 14.9. The molecule has 1 aromatic carbocycles. The topological polar surface area (TPSA) is 38.2 Å². The number of nitrogens with zero attached hydrogens (tertiary/aromatic N) is 3. The molecule has 116 valence electrons. The Bertz CT molecular complexity index is 670. The van der Waals surface area contributed by atoms with Crippen molar-refractivity contribution in [3.8, 4) is 0 Å². The van der Waals surface area contributed by atoms with Crippen LogP contribution in [-0.2, 0) is 11.3 Å². The fourth-order valence-electron chi connectivity index (χ4n) is 3.84. The fraction of sp³-hybridized carbons (Fsp3) is 0.556. The van der Waals surface area contributed by atoms with Gasteiger partial charge in [-0.2, -0.15) is 0 Å². The summed E-state index contributed by atoms with van der Waals surface area (Å²) in [6.45, 7) is 4.83. The van der Waals surface area contributed by atoms with Crippen LogP contribution < -0.4 is 0 Å². The van der Waals surface area contributed by atoms with E-state index < -0.39 is 0 Å². The molecule has 0 amide bonds. The normalized spacial score (nSPS) is 26.0. The molecule has 0 unspecified atom stereocenters. The molecule has 1 aliphatic carbocycles. The van der Waals surface area contributed by atoms with E-state index in [9.17, 15) is 0 Å². The molecule has 4 rings (SSSR count). The minimum atomic E-state index is 0.427. The summed E-state index contributed by atoms with van der Waals surface area (Å²) in [5.41, 5.74) is 4.15. The van der Waals surface area contributed by atoms with Gasteiger partial charge in [0.1, 0.15) is 0 Å². The molecular weight excluding hydrogens is 274 g/mol. The molecule has 1 saturated carbocycles. The summed E-state index contributed by atoms with van der Waals surface area (Å²) in [6, 6.07) is 8.70. The first-order valence-corrected chi connectivity index (χ1v) is 8.39. The second kappa shape index (κ2) is 5.94. The van der Waals surface area contributed by atoms with Crippen molar-refractivity contribution >= 4 is 11.0 Å². The highest BCUT2D eigenvalue weighted by Gasteiger charge is 2.34. The minimum Gasteiger partial charge on any atom is -0.375 e. The molecule has 2 heterocycles. The largest absolute Gasteiger partial charge is 0.375 e. The summed E-state index contributed by atoms with van der Waals surface area (Å²) in [5.74, 6) is 0. The van der Waals surface area contributed by atoms with Gasteiger partial charge in [0, 0.05) is 19.1 Å².